The van der Waals surface area contributed by atoms with E-state index in [0.717, 1.165) is 11.3 Å². The van der Waals surface area contributed by atoms with Gasteiger partial charge in [0.2, 0.25) is 0 Å². The number of allylic oxidation sites excluding steroid dienone is 1. The van der Waals surface area contributed by atoms with E-state index in [9.17, 15) is 14.4 Å². The van der Waals surface area contributed by atoms with E-state index in [4.69, 9.17) is 18.9 Å². The first-order valence-electron chi connectivity index (χ1n) is 12.5. The van der Waals surface area contributed by atoms with Crippen LogP contribution in [0.5, 0.6) is 17.2 Å². The summed E-state index contributed by atoms with van der Waals surface area (Å²) in [6.07, 6.45) is 1.52. The van der Waals surface area contributed by atoms with Crippen LogP contribution in [0, 0.1) is 5.92 Å². The fourth-order valence-corrected chi connectivity index (χ4v) is 3.67. The maximum atomic E-state index is 12.5. The van der Waals surface area contributed by atoms with Gasteiger partial charge < -0.3 is 29.6 Å². The number of benzene rings is 2. The van der Waals surface area contributed by atoms with Gasteiger partial charge in [-0.2, -0.15) is 5.10 Å². The number of methoxy groups -OCH3 is 1. The molecule has 39 heavy (non-hydrogen) atoms. The SMILES string of the molecule is CCOC(=O)C1=C(C)NC(=O)N[C@@H]1c1ccc(OCC(=O)N/N=C\c2ccc(OCC(C)C)cc2)c(OC)c1. The van der Waals surface area contributed by atoms with Gasteiger partial charge in [-0.25, -0.2) is 15.0 Å². The molecule has 0 aromatic heterocycles. The van der Waals surface area contributed by atoms with Crippen LogP contribution in [0.25, 0.3) is 0 Å². The first kappa shape index (κ1) is 29.0. The molecule has 3 amide bonds. The van der Waals surface area contributed by atoms with Crippen LogP contribution < -0.4 is 30.3 Å². The molecule has 0 saturated heterocycles. The number of ether oxygens (including phenoxy) is 4. The normalized spacial score (nSPS) is 15.0. The Kier molecular flexibility index (Phi) is 10.3. The van der Waals surface area contributed by atoms with E-state index in [1.54, 1.807) is 32.0 Å². The molecular formula is C28H34N4O7. The van der Waals surface area contributed by atoms with Gasteiger partial charge in [0.15, 0.2) is 18.1 Å². The van der Waals surface area contributed by atoms with E-state index in [1.807, 2.05) is 24.3 Å². The second kappa shape index (κ2) is 13.8. The number of esters is 1. The maximum Gasteiger partial charge on any atom is 0.338 e. The molecule has 208 valence electrons. The van der Waals surface area contributed by atoms with Crippen molar-refractivity contribution in [3.8, 4) is 17.2 Å². The van der Waals surface area contributed by atoms with Gasteiger partial charge in [0.25, 0.3) is 5.91 Å². The van der Waals surface area contributed by atoms with Crippen LogP contribution in [0.3, 0.4) is 0 Å². The fourth-order valence-electron chi connectivity index (χ4n) is 3.67. The third kappa shape index (κ3) is 8.22. The van der Waals surface area contributed by atoms with E-state index in [0.29, 0.717) is 35.3 Å². The molecule has 0 fully saturated rings. The monoisotopic (exact) mass is 538 g/mol. The lowest BCUT2D eigenvalue weighted by Gasteiger charge is -2.28. The van der Waals surface area contributed by atoms with Gasteiger partial charge in [-0.3, -0.25) is 4.79 Å². The van der Waals surface area contributed by atoms with Crippen molar-refractivity contribution >= 4 is 24.1 Å². The lowest BCUT2D eigenvalue weighted by molar-refractivity contribution is -0.139. The van der Waals surface area contributed by atoms with E-state index in [-0.39, 0.29) is 18.8 Å². The summed E-state index contributed by atoms with van der Waals surface area (Å²) in [7, 11) is 1.45. The largest absolute Gasteiger partial charge is 0.493 e. The number of nitrogens with zero attached hydrogens (tertiary/aromatic N) is 1. The third-order valence-electron chi connectivity index (χ3n) is 5.51. The van der Waals surface area contributed by atoms with Crippen molar-refractivity contribution < 1.29 is 33.3 Å². The predicted octanol–water partition coefficient (Wildman–Crippen LogP) is 3.45. The smallest absolute Gasteiger partial charge is 0.338 e. The Labute approximate surface area is 227 Å². The minimum Gasteiger partial charge on any atom is -0.493 e. The quantitative estimate of drug-likeness (QED) is 0.214. The number of rotatable bonds is 12. The zero-order valence-corrected chi connectivity index (χ0v) is 22.7. The zero-order valence-electron chi connectivity index (χ0n) is 22.7. The highest BCUT2D eigenvalue weighted by Gasteiger charge is 2.32. The van der Waals surface area contributed by atoms with E-state index < -0.39 is 23.9 Å². The highest BCUT2D eigenvalue weighted by Crippen LogP contribution is 2.34. The van der Waals surface area contributed by atoms with Crippen LogP contribution in [-0.2, 0) is 14.3 Å². The Balaban J connectivity index is 1.61. The van der Waals surface area contributed by atoms with Crippen molar-refractivity contribution in [3.05, 3.63) is 64.9 Å². The van der Waals surface area contributed by atoms with Crippen molar-refractivity contribution in [2.24, 2.45) is 11.0 Å². The lowest BCUT2D eigenvalue weighted by atomic mass is 9.95. The van der Waals surface area contributed by atoms with Gasteiger partial charge in [0.1, 0.15) is 5.75 Å². The van der Waals surface area contributed by atoms with Crippen molar-refractivity contribution in [3.63, 3.8) is 0 Å². The second-order valence-electron chi connectivity index (χ2n) is 9.06. The Morgan fingerprint density at radius 2 is 1.85 bits per heavy atom. The van der Waals surface area contributed by atoms with Crippen LogP contribution in [0.15, 0.2) is 58.8 Å². The van der Waals surface area contributed by atoms with Gasteiger partial charge in [0.05, 0.1) is 38.2 Å². The van der Waals surface area contributed by atoms with Gasteiger partial charge in [0, 0.05) is 5.70 Å². The zero-order chi connectivity index (χ0) is 28.4. The van der Waals surface area contributed by atoms with Gasteiger partial charge >= 0.3 is 12.0 Å². The van der Waals surface area contributed by atoms with Crippen molar-refractivity contribution in [2.75, 3.05) is 26.9 Å². The third-order valence-corrected chi connectivity index (χ3v) is 5.51. The highest BCUT2D eigenvalue weighted by atomic mass is 16.5. The minimum atomic E-state index is -0.755. The molecule has 1 atom stereocenters. The molecular weight excluding hydrogens is 504 g/mol. The van der Waals surface area contributed by atoms with Crippen LogP contribution in [0.2, 0.25) is 0 Å². The molecule has 0 unspecified atom stereocenters. The molecule has 0 radical (unpaired) electrons. The molecule has 2 aromatic rings. The molecule has 0 spiro atoms. The summed E-state index contributed by atoms with van der Waals surface area (Å²) in [4.78, 5) is 36.9. The average molecular weight is 539 g/mol. The fraction of sp³-hybridized carbons (Fsp3) is 0.357. The topological polar surface area (TPSA) is 137 Å². The minimum absolute atomic E-state index is 0.193. The first-order valence-corrected chi connectivity index (χ1v) is 12.5. The molecule has 11 nitrogen and oxygen atoms in total. The number of amides is 3. The predicted molar refractivity (Wildman–Crippen MR) is 145 cm³/mol. The molecule has 1 heterocycles. The molecule has 0 bridgehead atoms. The van der Waals surface area contributed by atoms with Gasteiger partial charge in [-0.15, -0.1) is 0 Å². The number of hydrazone groups is 1. The van der Waals surface area contributed by atoms with E-state index in [1.165, 1.54) is 13.3 Å². The van der Waals surface area contributed by atoms with Crippen LogP contribution >= 0.6 is 0 Å². The average Bonchev–Trinajstić information content (AvgIpc) is 2.91. The Morgan fingerprint density at radius 1 is 1.10 bits per heavy atom. The molecule has 3 N–H and O–H groups in total. The van der Waals surface area contributed by atoms with Gasteiger partial charge in [-0.1, -0.05) is 19.9 Å². The molecule has 2 aromatic carbocycles. The molecule has 11 heteroatoms. The standard InChI is InChI=1S/C28H34N4O7/c1-6-37-27(34)25-18(4)30-28(35)31-26(25)20-9-12-22(23(13-20)36-5)39-16-24(33)32-29-14-19-7-10-21(11-8-19)38-15-17(2)3/h7-14,17,26H,6,15-16H2,1-5H3,(H,32,33)(H2,30,31,35)/b29-14-/t26-/m1/s1. The molecule has 0 saturated carbocycles. The summed E-state index contributed by atoms with van der Waals surface area (Å²) in [5.41, 5.74) is 4.46. The summed E-state index contributed by atoms with van der Waals surface area (Å²) >= 11 is 0. The van der Waals surface area contributed by atoms with E-state index >= 15 is 0 Å². The van der Waals surface area contributed by atoms with Crippen molar-refractivity contribution in [2.45, 2.75) is 33.7 Å². The summed E-state index contributed by atoms with van der Waals surface area (Å²) in [6, 6.07) is 11.0. The summed E-state index contributed by atoms with van der Waals surface area (Å²) in [6.45, 7) is 8.01. The molecule has 1 aliphatic heterocycles. The number of nitrogens with one attached hydrogen (secondary N) is 3. The number of carbonyl (C=O) groups is 3. The van der Waals surface area contributed by atoms with E-state index in [2.05, 4.69) is 35.0 Å². The summed E-state index contributed by atoms with van der Waals surface area (Å²) in [5.74, 6) is 0.809. The van der Waals surface area contributed by atoms with Crippen LogP contribution in [-0.4, -0.2) is 51.1 Å². The lowest BCUT2D eigenvalue weighted by Crippen LogP contribution is -2.45. The number of urea groups is 1. The Hall–Kier alpha value is -4.54. The first-order chi connectivity index (χ1) is 18.7. The number of carbonyl (C=O) groups excluding carboxylic acids is 3. The maximum absolute atomic E-state index is 12.5. The summed E-state index contributed by atoms with van der Waals surface area (Å²) < 4.78 is 21.9. The Morgan fingerprint density at radius 3 is 2.51 bits per heavy atom. The molecule has 0 aliphatic carbocycles. The van der Waals surface area contributed by atoms with Crippen molar-refractivity contribution in [1.29, 1.82) is 0 Å². The molecule has 3 rings (SSSR count). The molecule has 1 aliphatic rings. The second-order valence-corrected chi connectivity index (χ2v) is 9.06. The highest BCUT2D eigenvalue weighted by molar-refractivity contribution is 5.95. The number of hydrogen-bond acceptors (Lipinski definition) is 8. The van der Waals surface area contributed by atoms with Gasteiger partial charge in [-0.05, 0) is 67.3 Å². The number of hydrogen-bond donors (Lipinski definition) is 3. The van der Waals surface area contributed by atoms with Crippen LogP contribution in [0.1, 0.15) is 44.9 Å². The van der Waals surface area contributed by atoms with Crippen LogP contribution in [0.4, 0.5) is 4.79 Å². The summed E-state index contributed by atoms with van der Waals surface area (Å²) in [5, 5.41) is 9.28. The van der Waals surface area contributed by atoms with Crippen molar-refractivity contribution in [1.82, 2.24) is 16.1 Å². The Bertz CT molecular complexity index is 1240.